The van der Waals surface area contributed by atoms with Crippen LogP contribution in [0, 0.1) is 0 Å². The Hall–Kier alpha value is -0.610. The first-order chi connectivity index (χ1) is 9.24. The van der Waals surface area contributed by atoms with Crippen molar-refractivity contribution in [2.75, 3.05) is 19.6 Å². The van der Waals surface area contributed by atoms with Crippen molar-refractivity contribution in [3.05, 3.63) is 0 Å². The number of likely N-dealkylation sites (N-methyl/N-ethyl adjacent to an activating group) is 1. The van der Waals surface area contributed by atoms with Crippen molar-refractivity contribution in [1.82, 2.24) is 15.5 Å². The number of nitrogens with zero attached hydrogens (tertiary/aromatic N) is 1. The number of hydrogen-bond acceptors (Lipinski definition) is 3. The summed E-state index contributed by atoms with van der Waals surface area (Å²) < 4.78 is 0. The number of piperidine rings is 2. The van der Waals surface area contributed by atoms with Crippen LogP contribution < -0.4 is 10.6 Å². The smallest absolute Gasteiger partial charge is 0.234 e. The SMILES string of the molecule is CCCNC1CC2CCCC(C1)N2CC(=O)NCC. The summed E-state index contributed by atoms with van der Waals surface area (Å²) in [6.45, 7) is 6.67. The molecule has 2 fully saturated rings. The number of nitrogens with one attached hydrogen (secondary N) is 2. The third-order valence-corrected chi connectivity index (χ3v) is 4.51. The van der Waals surface area contributed by atoms with Crippen LogP contribution in [0.2, 0.25) is 0 Å². The van der Waals surface area contributed by atoms with E-state index >= 15 is 0 Å². The number of rotatable bonds is 6. The van der Waals surface area contributed by atoms with E-state index in [1.54, 1.807) is 0 Å². The lowest BCUT2D eigenvalue weighted by Gasteiger charge is -2.48. The molecule has 19 heavy (non-hydrogen) atoms. The van der Waals surface area contributed by atoms with Gasteiger partial charge >= 0.3 is 0 Å². The van der Waals surface area contributed by atoms with Crippen molar-refractivity contribution in [2.24, 2.45) is 0 Å². The van der Waals surface area contributed by atoms with E-state index in [9.17, 15) is 4.79 Å². The largest absolute Gasteiger partial charge is 0.355 e. The molecule has 110 valence electrons. The van der Waals surface area contributed by atoms with Gasteiger partial charge in [-0.15, -0.1) is 0 Å². The van der Waals surface area contributed by atoms with Gasteiger partial charge in [-0.25, -0.2) is 0 Å². The molecule has 1 amide bonds. The molecule has 4 nitrogen and oxygen atoms in total. The van der Waals surface area contributed by atoms with Crippen molar-refractivity contribution in [1.29, 1.82) is 0 Å². The predicted octanol–water partition coefficient (Wildman–Crippen LogP) is 1.51. The predicted molar refractivity (Wildman–Crippen MR) is 78.1 cm³/mol. The van der Waals surface area contributed by atoms with E-state index in [0.717, 1.165) is 13.1 Å². The summed E-state index contributed by atoms with van der Waals surface area (Å²) in [5.74, 6) is 0.194. The van der Waals surface area contributed by atoms with Gasteiger partial charge in [0.25, 0.3) is 0 Å². The molecule has 2 heterocycles. The van der Waals surface area contributed by atoms with E-state index in [-0.39, 0.29) is 5.91 Å². The van der Waals surface area contributed by atoms with Crippen molar-refractivity contribution in [2.45, 2.75) is 70.5 Å². The first kappa shape index (κ1) is 14.8. The Balaban J connectivity index is 1.89. The fourth-order valence-electron chi connectivity index (χ4n) is 3.67. The fraction of sp³-hybridized carbons (Fsp3) is 0.933. The molecule has 2 N–H and O–H groups in total. The minimum absolute atomic E-state index is 0.194. The normalized spacial score (nSPS) is 31.2. The van der Waals surface area contributed by atoms with Crippen LogP contribution in [0.1, 0.15) is 52.4 Å². The summed E-state index contributed by atoms with van der Waals surface area (Å²) in [6, 6.07) is 1.90. The summed E-state index contributed by atoms with van der Waals surface area (Å²) in [7, 11) is 0. The highest BCUT2D eigenvalue weighted by Gasteiger charge is 2.38. The van der Waals surface area contributed by atoms with E-state index in [1.165, 1.54) is 38.5 Å². The fourth-order valence-corrected chi connectivity index (χ4v) is 3.67. The maximum Gasteiger partial charge on any atom is 0.234 e. The number of carbonyl (C=O) groups excluding carboxylic acids is 1. The quantitative estimate of drug-likeness (QED) is 0.767. The lowest BCUT2D eigenvalue weighted by Crippen LogP contribution is -2.58. The molecule has 0 saturated carbocycles. The third kappa shape index (κ3) is 3.93. The second-order valence-electron chi connectivity index (χ2n) is 5.99. The lowest BCUT2D eigenvalue weighted by molar-refractivity contribution is -0.125. The standard InChI is InChI=1S/C15H29N3O/c1-3-8-17-12-9-13-6-5-7-14(10-12)18(13)11-15(19)16-4-2/h12-14,17H,3-11H2,1-2H3,(H,16,19). The number of carbonyl (C=O) groups is 1. The van der Waals surface area contributed by atoms with Crippen LogP contribution in [0.3, 0.4) is 0 Å². The van der Waals surface area contributed by atoms with Gasteiger partial charge in [-0.05, 0) is 45.6 Å². The highest BCUT2D eigenvalue weighted by Crippen LogP contribution is 2.33. The molecular weight excluding hydrogens is 238 g/mol. The van der Waals surface area contributed by atoms with Crippen LogP contribution in [0.15, 0.2) is 0 Å². The van der Waals surface area contributed by atoms with Crippen molar-refractivity contribution in [3.63, 3.8) is 0 Å². The van der Waals surface area contributed by atoms with Crippen LogP contribution >= 0.6 is 0 Å². The van der Waals surface area contributed by atoms with Crippen LogP contribution in [0.5, 0.6) is 0 Å². The zero-order chi connectivity index (χ0) is 13.7. The van der Waals surface area contributed by atoms with Gasteiger partial charge in [0.05, 0.1) is 6.54 Å². The Bertz CT molecular complexity index is 281. The van der Waals surface area contributed by atoms with Gasteiger partial charge in [0.2, 0.25) is 5.91 Å². The molecule has 0 aromatic rings. The molecule has 0 spiro atoms. The average Bonchev–Trinajstić information content (AvgIpc) is 2.37. The highest BCUT2D eigenvalue weighted by atomic mass is 16.2. The molecule has 2 saturated heterocycles. The minimum Gasteiger partial charge on any atom is -0.355 e. The molecular formula is C15H29N3O. The van der Waals surface area contributed by atoms with E-state index in [2.05, 4.69) is 22.5 Å². The van der Waals surface area contributed by atoms with Crippen molar-refractivity contribution in [3.8, 4) is 0 Å². The van der Waals surface area contributed by atoms with Crippen molar-refractivity contribution < 1.29 is 4.79 Å². The zero-order valence-electron chi connectivity index (χ0n) is 12.5. The van der Waals surface area contributed by atoms with Gasteiger partial charge < -0.3 is 10.6 Å². The maximum atomic E-state index is 11.8. The molecule has 2 rings (SSSR count). The van der Waals surface area contributed by atoms with Crippen LogP contribution in [-0.2, 0) is 4.79 Å². The minimum atomic E-state index is 0.194. The second kappa shape index (κ2) is 7.25. The Morgan fingerprint density at radius 3 is 2.47 bits per heavy atom. The Labute approximate surface area is 117 Å². The average molecular weight is 267 g/mol. The molecule has 0 aromatic carbocycles. The maximum absolute atomic E-state index is 11.8. The molecule has 0 radical (unpaired) electrons. The molecule has 4 heteroatoms. The Morgan fingerprint density at radius 2 is 1.89 bits per heavy atom. The lowest BCUT2D eigenvalue weighted by atomic mass is 9.81. The van der Waals surface area contributed by atoms with E-state index in [1.807, 2.05) is 6.92 Å². The highest BCUT2D eigenvalue weighted by molar-refractivity contribution is 5.78. The van der Waals surface area contributed by atoms with Crippen molar-refractivity contribution >= 4 is 5.91 Å². The zero-order valence-corrected chi connectivity index (χ0v) is 12.5. The first-order valence-electron chi connectivity index (χ1n) is 8.00. The third-order valence-electron chi connectivity index (χ3n) is 4.51. The number of amides is 1. The molecule has 2 unspecified atom stereocenters. The molecule has 0 aromatic heterocycles. The van der Waals surface area contributed by atoms with Gasteiger partial charge in [-0.1, -0.05) is 13.3 Å². The summed E-state index contributed by atoms with van der Waals surface area (Å²) >= 11 is 0. The first-order valence-corrected chi connectivity index (χ1v) is 8.00. The van der Waals surface area contributed by atoms with Crippen LogP contribution in [-0.4, -0.2) is 48.6 Å². The van der Waals surface area contributed by atoms with E-state index in [4.69, 9.17) is 0 Å². The monoisotopic (exact) mass is 267 g/mol. The molecule has 0 aliphatic carbocycles. The number of fused-ring (bicyclic) bond motifs is 2. The summed E-state index contributed by atoms with van der Waals surface area (Å²) in [4.78, 5) is 14.3. The van der Waals surface area contributed by atoms with Gasteiger partial charge in [0.15, 0.2) is 0 Å². The van der Waals surface area contributed by atoms with Gasteiger partial charge in [0.1, 0.15) is 0 Å². The van der Waals surface area contributed by atoms with Gasteiger partial charge in [0, 0.05) is 24.7 Å². The van der Waals surface area contributed by atoms with Gasteiger partial charge in [-0.3, -0.25) is 9.69 Å². The molecule has 2 bridgehead atoms. The molecule has 2 aliphatic heterocycles. The summed E-state index contributed by atoms with van der Waals surface area (Å²) in [5, 5.41) is 6.60. The Kier molecular flexibility index (Phi) is 5.64. The molecule has 2 atom stereocenters. The molecule has 2 aliphatic rings. The van der Waals surface area contributed by atoms with Crippen LogP contribution in [0.25, 0.3) is 0 Å². The summed E-state index contributed by atoms with van der Waals surface area (Å²) in [5.41, 5.74) is 0. The summed E-state index contributed by atoms with van der Waals surface area (Å²) in [6.07, 6.45) is 7.50. The topological polar surface area (TPSA) is 44.4 Å². The van der Waals surface area contributed by atoms with E-state index < -0.39 is 0 Å². The van der Waals surface area contributed by atoms with Gasteiger partial charge in [-0.2, -0.15) is 0 Å². The number of hydrogen-bond donors (Lipinski definition) is 2. The Morgan fingerprint density at radius 1 is 1.21 bits per heavy atom. The second-order valence-corrected chi connectivity index (χ2v) is 5.99. The van der Waals surface area contributed by atoms with Crippen LogP contribution in [0.4, 0.5) is 0 Å². The van der Waals surface area contributed by atoms with E-state index in [0.29, 0.717) is 24.7 Å².